The van der Waals surface area contributed by atoms with E-state index in [1.165, 1.54) is 4.90 Å². The maximum atomic E-state index is 12.1. The fourth-order valence-electron chi connectivity index (χ4n) is 1.78. The number of aromatic nitrogens is 1. The van der Waals surface area contributed by atoms with Gasteiger partial charge in [-0.25, -0.2) is 4.98 Å². The first-order valence-electron chi connectivity index (χ1n) is 5.26. The molecule has 1 saturated heterocycles. The van der Waals surface area contributed by atoms with Gasteiger partial charge in [-0.3, -0.25) is 14.9 Å². The molecule has 2 rings (SSSR count). The number of amides is 1. The van der Waals surface area contributed by atoms with Crippen molar-refractivity contribution in [3.05, 3.63) is 33.1 Å². The molecule has 0 saturated carbocycles. The zero-order valence-corrected chi connectivity index (χ0v) is 10.0. The van der Waals surface area contributed by atoms with Crippen LogP contribution in [-0.2, 0) is 0 Å². The van der Waals surface area contributed by atoms with Gasteiger partial charge >= 0.3 is 0 Å². The van der Waals surface area contributed by atoms with Crippen LogP contribution in [0.3, 0.4) is 0 Å². The third-order valence-corrected chi connectivity index (χ3v) is 3.02. The van der Waals surface area contributed by atoms with Crippen molar-refractivity contribution in [2.75, 3.05) is 13.1 Å². The van der Waals surface area contributed by atoms with Crippen molar-refractivity contribution in [2.24, 2.45) is 0 Å². The number of hydrogen-bond donors (Lipinski definition) is 1. The predicted octanol–water partition coefficient (Wildman–Crippen LogP) is 0.850. The molecule has 0 spiro atoms. The van der Waals surface area contributed by atoms with Crippen LogP contribution in [0.4, 0.5) is 5.69 Å². The molecule has 1 atom stereocenters. The molecule has 0 aliphatic carbocycles. The van der Waals surface area contributed by atoms with Gasteiger partial charge in [0, 0.05) is 19.2 Å². The Labute approximate surface area is 107 Å². The van der Waals surface area contributed by atoms with E-state index in [9.17, 15) is 20.0 Å². The summed E-state index contributed by atoms with van der Waals surface area (Å²) in [6.45, 7) is 0.608. The van der Waals surface area contributed by atoms with Gasteiger partial charge in [-0.1, -0.05) is 11.6 Å². The monoisotopic (exact) mass is 271 g/mol. The Hall–Kier alpha value is -1.73. The molecule has 1 aliphatic heterocycles. The fourth-order valence-corrected chi connectivity index (χ4v) is 1.97. The summed E-state index contributed by atoms with van der Waals surface area (Å²) in [5.74, 6) is -0.451. The number of pyridine rings is 1. The van der Waals surface area contributed by atoms with Crippen molar-refractivity contribution in [1.29, 1.82) is 0 Å². The quantitative estimate of drug-likeness (QED) is 0.489. The maximum absolute atomic E-state index is 12.1. The first-order chi connectivity index (χ1) is 8.49. The van der Waals surface area contributed by atoms with Crippen molar-refractivity contribution in [1.82, 2.24) is 9.88 Å². The highest BCUT2D eigenvalue weighted by Crippen LogP contribution is 2.22. The van der Waals surface area contributed by atoms with Crippen LogP contribution in [0.15, 0.2) is 12.3 Å². The van der Waals surface area contributed by atoms with Gasteiger partial charge in [-0.05, 0) is 6.42 Å². The van der Waals surface area contributed by atoms with E-state index in [4.69, 9.17) is 11.6 Å². The number of halogens is 1. The number of rotatable bonds is 2. The minimum Gasteiger partial charge on any atom is -0.391 e. The Morgan fingerprint density at radius 3 is 2.94 bits per heavy atom. The number of β-amino-alcohol motifs (C(OH)–C–C–N with tert-alkyl or cyclic N) is 1. The Morgan fingerprint density at radius 2 is 2.39 bits per heavy atom. The zero-order chi connectivity index (χ0) is 13.3. The van der Waals surface area contributed by atoms with E-state index in [-0.39, 0.29) is 22.9 Å². The highest BCUT2D eigenvalue weighted by Gasteiger charge is 2.28. The van der Waals surface area contributed by atoms with Crippen molar-refractivity contribution >= 4 is 23.2 Å². The van der Waals surface area contributed by atoms with E-state index < -0.39 is 16.9 Å². The van der Waals surface area contributed by atoms with Crippen LogP contribution < -0.4 is 0 Å². The van der Waals surface area contributed by atoms with E-state index in [1.54, 1.807) is 0 Å². The van der Waals surface area contributed by atoms with Crippen molar-refractivity contribution in [2.45, 2.75) is 12.5 Å². The topological polar surface area (TPSA) is 96.6 Å². The van der Waals surface area contributed by atoms with Gasteiger partial charge in [-0.2, -0.15) is 0 Å². The summed E-state index contributed by atoms with van der Waals surface area (Å²) in [6.07, 6.45) is 0.934. The van der Waals surface area contributed by atoms with E-state index in [1.807, 2.05) is 0 Å². The summed E-state index contributed by atoms with van der Waals surface area (Å²) in [5.41, 5.74) is -0.303. The summed E-state index contributed by atoms with van der Waals surface area (Å²) in [4.78, 5) is 27.1. The van der Waals surface area contributed by atoms with Crippen LogP contribution in [0.5, 0.6) is 0 Å². The van der Waals surface area contributed by atoms with Crippen molar-refractivity contribution in [3.63, 3.8) is 0 Å². The number of nitrogens with zero attached hydrogens (tertiary/aromatic N) is 3. The lowest BCUT2D eigenvalue weighted by Crippen LogP contribution is -2.30. The smallest absolute Gasteiger partial charge is 0.288 e. The SMILES string of the molecule is O=C(c1cc([N+](=O)[O-])cnc1Cl)N1CC[C@@H](O)C1. The van der Waals surface area contributed by atoms with E-state index in [2.05, 4.69) is 4.98 Å². The molecule has 1 aromatic rings. The van der Waals surface area contributed by atoms with Crippen LogP contribution in [0.1, 0.15) is 16.8 Å². The Morgan fingerprint density at radius 1 is 1.67 bits per heavy atom. The molecule has 0 aromatic carbocycles. The molecule has 1 amide bonds. The normalized spacial score (nSPS) is 19.0. The average molecular weight is 272 g/mol. The summed E-state index contributed by atoms with van der Waals surface area (Å²) in [5, 5.41) is 19.9. The molecule has 7 nitrogen and oxygen atoms in total. The Kier molecular flexibility index (Phi) is 3.44. The van der Waals surface area contributed by atoms with Crippen LogP contribution in [0.25, 0.3) is 0 Å². The van der Waals surface area contributed by atoms with Gasteiger partial charge in [0.1, 0.15) is 11.3 Å². The largest absolute Gasteiger partial charge is 0.391 e. The number of hydrogen-bond acceptors (Lipinski definition) is 5. The summed E-state index contributed by atoms with van der Waals surface area (Å²) in [6, 6.07) is 1.10. The first kappa shape index (κ1) is 12.7. The number of nitro groups is 1. The average Bonchev–Trinajstić information content (AvgIpc) is 2.75. The van der Waals surface area contributed by atoms with Gasteiger partial charge in [0.2, 0.25) is 0 Å². The third-order valence-electron chi connectivity index (χ3n) is 2.72. The standard InChI is InChI=1S/C10H10ClN3O4/c11-9-8(3-6(4-12-9)14(17)18)10(16)13-2-1-7(15)5-13/h3-4,7,15H,1-2,5H2/t7-/m1/s1. The molecule has 8 heteroatoms. The zero-order valence-electron chi connectivity index (χ0n) is 9.24. The molecule has 1 fully saturated rings. The van der Waals surface area contributed by atoms with E-state index in [0.29, 0.717) is 13.0 Å². The lowest BCUT2D eigenvalue weighted by molar-refractivity contribution is -0.385. The van der Waals surface area contributed by atoms with Gasteiger partial charge in [-0.15, -0.1) is 0 Å². The van der Waals surface area contributed by atoms with Crippen molar-refractivity contribution in [3.8, 4) is 0 Å². The second kappa shape index (κ2) is 4.87. The second-order valence-electron chi connectivity index (χ2n) is 3.98. The molecule has 0 radical (unpaired) electrons. The number of aliphatic hydroxyl groups is 1. The number of likely N-dealkylation sites (tertiary alicyclic amines) is 1. The highest BCUT2D eigenvalue weighted by atomic mass is 35.5. The summed E-state index contributed by atoms with van der Waals surface area (Å²) in [7, 11) is 0. The van der Waals surface area contributed by atoms with Crippen LogP contribution in [0.2, 0.25) is 5.15 Å². The van der Waals surface area contributed by atoms with Crippen LogP contribution >= 0.6 is 11.6 Å². The molecule has 96 valence electrons. The summed E-state index contributed by atoms with van der Waals surface area (Å²) < 4.78 is 0. The second-order valence-corrected chi connectivity index (χ2v) is 4.34. The number of aliphatic hydroxyl groups excluding tert-OH is 1. The van der Waals surface area contributed by atoms with Gasteiger partial charge in [0.15, 0.2) is 0 Å². The van der Waals surface area contributed by atoms with Crippen molar-refractivity contribution < 1.29 is 14.8 Å². The fraction of sp³-hybridized carbons (Fsp3) is 0.400. The Balaban J connectivity index is 2.29. The lowest BCUT2D eigenvalue weighted by atomic mass is 10.2. The molecule has 2 heterocycles. The number of carbonyl (C=O) groups is 1. The van der Waals surface area contributed by atoms with Crippen LogP contribution in [0, 0.1) is 10.1 Å². The Bertz CT molecular complexity index is 508. The minimum atomic E-state index is -0.640. The molecule has 18 heavy (non-hydrogen) atoms. The molecular formula is C10H10ClN3O4. The molecular weight excluding hydrogens is 262 g/mol. The van der Waals surface area contributed by atoms with E-state index in [0.717, 1.165) is 12.3 Å². The number of carbonyl (C=O) groups excluding carboxylic acids is 1. The van der Waals surface area contributed by atoms with Gasteiger partial charge in [0.05, 0.1) is 16.6 Å². The molecule has 1 aliphatic rings. The molecule has 0 unspecified atom stereocenters. The predicted molar refractivity (Wildman–Crippen MR) is 62.4 cm³/mol. The minimum absolute atomic E-state index is 0.0139. The van der Waals surface area contributed by atoms with E-state index >= 15 is 0 Å². The van der Waals surface area contributed by atoms with Gasteiger partial charge < -0.3 is 10.0 Å². The molecule has 0 bridgehead atoms. The maximum Gasteiger partial charge on any atom is 0.288 e. The molecule has 1 aromatic heterocycles. The lowest BCUT2D eigenvalue weighted by Gasteiger charge is -2.15. The van der Waals surface area contributed by atoms with Gasteiger partial charge in [0.25, 0.3) is 11.6 Å². The summed E-state index contributed by atoms with van der Waals surface area (Å²) >= 11 is 5.77. The molecule has 1 N–H and O–H groups in total. The first-order valence-corrected chi connectivity index (χ1v) is 5.64. The van der Waals surface area contributed by atoms with Crippen LogP contribution in [-0.4, -0.2) is 45.0 Å². The highest BCUT2D eigenvalue weighted by molar-refractivity contribution is 6.32. The third kappa shape index (κ3) is 2.41.